The fraction of sp³-hybridized carbons (Fsp3) is 0.412. The van der Waals surface area contributed by atoms with E-state index < -0.39 is 0 Å². The summed E-state index contributed by atoms with van der Waals surface area (Å²) in [5.74, 6) is 2.21. The van der Waals surface area contributed by atoms with E-state index in [4.69, 9.17) is 9.15 Å². The molecule has 1 aliphatic carbocycles. The fourth-order valence-corrected chi connectivity index (χ4v) is 2.19. The van der Waals surface area contributed by atoms with Gasteiger partial charge in [-0.2, -0.15) is 0 Å². The smallest absolute Gasteiger partial charge is 0.220 e. The van der Waals surface area contributed by atoms with Gasteiger partial charge in [-0.1, -0.05) is 0 Å². The molecule has 2 aromatic rings. The lowest BCUT2D eigenvalue weighted by Gasteiger charge is -2.03. The topological polar surface area (TPSA) is 64.4 Å². The molecule has 116 valence electrons. The molecule has 0 aliphatic heterocycles. The van der Waals surface area contributed by atoms with Crippen LogP contribution < -0.4 is 10.1 Å². The van der Waals surface area contributed by atoms with Crippen LogP contribution in [-0.2, 0) is 11.2 Å². The number of carbonyl (C=O) groups is 1. The first-order valence-corrected chi connectivity index (χ1v) is 7.72. The van der Waals surface area contributed by atoms with Gasteiger partial charge in [0.1, 0.15) is 5.75 Å². The Bertz CT molecular complexity index is 630. The second kappa shape index (κ2) is 6.64. The van der Waals surface area contributed by atoms with Crippen LogP contribution in [0.25, 0.3) is 11.3 Å². The molecule has 5 nitrogen and oxygen atoms in total. The lowest BCUT2D eigenvalue weighted by atomic mass is 10.2. The van der Waals surface area contributed by atoms with E-state index >= 15 is 0 Å². The predicted molar refractivity (Wildman–Crippen MR) is 82.6 cm³/mol. The minimum Gasteiger partial charge on any atom is -0.494 e. The number of rotatable bonds is 7. The zero-order valence-electron chi connectivity index (χ0n) is 12.7. The highest BCUT2D eigenvalue weighted by Crippen LogP contribution is 2.24. The number of hydrogen-bond acceptors (Lipinski definition) is 4. The van der Waals surface area contributed by atoms with Gasteiger partial charge in [-0.25, -0.2) is 4.98 Å². The number of aromatic nitrogens is 1. The Labute approximate surface area is 129 Å². The third-order valence-electron chi connectivity index (χ3n) is 3.51. The highest BCUT2D eigenvalue weighted by atomic mass is 16.5. The van der Waals surface area contributed by atoms with Gasteiger partial charge in [-0.05, 0) is 44.0 Å². The molecule has 1 amide bonds. The van der Waals surface area contributed by atoms with Crippen LogP contribution in [0.1, 0.15) is 32.1 Å². The fourth-order valence-electron chi connectivity index (χ4n) is 2.19. The van der Waals surface area contributed by atoms with Gasteiger partial charge in [0.15, 0.2) is 11.7 Å². The normalized spacial score (nSPS) is 13.9. The van der Waals surface area contributed by atoms with Crippen LogP contribution in [0, 0.1) is 0 Å². The van der Waals surface area contributed by atoms with Crippen LogP contribution >= 0.6 is 0 Å². The maximum Gasteiger partial charge on any atom is 0.220 e. The molecule has 1 saturated carbocycles. The van der Waals surface area contributed by atoms with Gasteiger partial charge in [0.25, 0.3) is 0 Å². The Morgan fingerprint density at radius 3 is 2.82 bits per heavy atom. The van der Waals surface area contributed by atoms with E-state index in [2.05, 4.69) is 10.3 Å². The van der Waals surface area contributed by atoms with Crippen LogP contribution in [0.15, 0.2) is 34.9 Å². The van der Waals surface area contributed by atoms with Crippen molar-refractivity contribution < 1.29 is 13.9 Å². The van der Waals surface area contributed by atoms with Gasteiger partial charge in [0.05, 0.1) is 12.8 Å². The van der Waals surface area contributed by atoms with E-state index in [1.54, 1.807) is 6.20 Å². The molecule has 1 heterocycles. The van der Waals surface area contributed by atoms with Gasteiger partial charge in [0.2, 0.25) is 5.91 Å². The van der Waals surface area contributed by atoms with Crippen molar-refractivity contribution in [2.45, 2.75) is 38.6 Å². The Morgan fingerprint density at radius 1 is 1.36 bits per heavy atom. The molecule has 1 aromatic heterocycles. The number of hydrogen-bond donors (Lipinski definition) is 1. The summed E-state index contributed by atoms with van der Waals surface area (Å²) in [7, 11) is 0. The summed E-state index contributed by atoms with van der Waals surface area (Å²) in [6.07, 6.45) is 4.85. The van der Waals surface area contributed by atoms with Gasteiger partial charge in [0, 0.05) is 24.4 Å². The molecule has 1 aliphatic rings. The van der Waals surface area contributed by atoms with Crippen LogP contribution in [0.2, 0.25) is 0 Å². The standard InChI is InChI=1S/C17H20N2O3/c1-2-21-14-7-3-12(4-8-14)15-11-18-17(22-15)10-9-16(20)19-13-5-6-13/h3-4,7-8,11,13H,2,5-6,9-10H2,1H3,(H,19,20). The summed E-state index contributed by atoms with van der Waals surface area (Å²) in [5.41, 5.74) is 0.949. The molecule has 1 N–H and O–H groups in total. The molecule has 0 spiro atoms. The monoisotopic (exact) mass is 300 g/mol. The van der Waals surface area contributed by atoms with Gasteiger partial charge >= 0.3 is 0 Å². The highest BCUT2D eigenvalue weighted by molar-refractivity contribution is 5.76. The minimum absolute atomic E-state index is 0.0725. The van der Waals surface area contributed by atoms with Crippen molar-refractivity contribution in [1.29, 1.82) is 0 Å². The number of amides is 1. The first kappa shape index (κ1) is 14.6. The molecule has 0 radical (unpaired) electrons. The molecular weight excluding hydrogens is 280 g/mol. The molecule has 5 heteroatoms. The number of ether oxygens (including phenoxy) is 1. The summed E-state index contributed by atoms with van der Waals surface area (Å²) >= 11 is 0. The number of benzene rings is 1. The molecule has 0 bridgehead atoms. The van der Waals surface area contributed by atoms with Crippen LogP contribution in [0.5, 0.6) is 5.75 Å². The lowest BCUT2D eigenvalue weighted by Crippen LogP contribution is -2.25. The number of carbonyl (C=O) groups excluding carboxylic acids is 1. The average molecular weight is 300 g/mol. The molecule has 1 fully saturated rings. The van der Waals surface area contributed by atoms with E-state index in [9.17, 15) is 4.79 Å². The van der Waals surface area contributed by atoms with Gasteiger partial charge in [-0.3, -0.25) is 4.79 Å². The first-order chi connectivity index (χ1) is 10.7. The predicted octanol–water partition coefficient (Wildman–Crippen LogP) is 2.95. The van der Waals surface area contributed by atoms with Crippen LogP contribution in [-0.4, -0.2) is 23.5 Å². The summed E-state index contributed by atoms with van der Waals surface area (Å²) in [6.45, 7) is 2.60. The Kier molecular flexibility index (Phi) is 4.42. The molecule has 1 aromatic carbocycles. The minimum atomic E-state index is 0.0725. The summed E-state index contributed by atoms with van der Waals surface area (Å²) in [4.78, 5) is 15.9. The largest absolute Gasteiger partial charge is 0.494 e. The summed E-state index contributed by atoms with van der Waals surface area (Å²) < 4.78 is 11.1. The van der Waals surface area contributed by atoms with Crippen molar-refractivity contribution in [1.82, 2.24) is 10.3 Å². The zero-order valence-corrected chi connectivity index (χ0v) is 12.7. The van der Waals surface area contributed by atoms with Crippen LogP contribution in [0.3, 0.4) is 0 Å². The van der Waals surface area contributed by atoms with Crippen molar-refractivity contribution in [3.05, 3.63) is 36.4 Å². The third kappa shape index (κ3) is 3.87. The first-order valence-electron chi connectivity index (χ1n) is 7.72. The molecule has 22 heavy (non-hydrogen) atoms. The quantitative estimate of drug-likeness (QED) is 0.854. The maximum absolute atomic E-state index is 11.6. The number of oxazole rings is 1. The zero-order chi connectivity index (χ0) is 15.4. The lowest BCUT2D eigenvalue weighted by molar-refractivity contribution is -0.121. The molecule has 0 saturated heterocycles. The van der Waals surface area contributed by atoms with Crippen molar-refractivity contribution in [2.75, 3.05) is 6.61 Å². The number of nitrogens with one attached hydrogen (secondary N) is 1. The second-order valence-corrected chi connectivity index (χ2v) is 5.42. The highest BCUT2D eigenvalue weighted by Gasteiger charge is 2.23. The molecule has 0 atom stereocenters. The maximum atomic E-state index is 11.6. The van der Waals surface area contributed by atoms with Gasteiger partial charge in [-0.15, -0.1) is 0 Å². The number of aryl methyl sites for hydroxylation is 1. The molecule has 3 rings (SSSR count). The van der Waals surface area contributed by atoms with E-state index in [0.29, 0.717) is 37.1 Å². The van der Waals surface area contributed by atoms with Crippen molar-refractivity contribution in [3.63, 3.8) is 0 Å². The average Bonchev–Trinajstić information content (AvgIpc) is 3.21. The third-order valence-corrected chi connectivity index (χ3v) is 3.51. The van der Waals surface area contributed by atoms with Crippen molar-refractivity contribution in [2.24, 2.45) is 0 Å². The number of nitrogens with zero attached hydrogens (tertiary/aromatic N) is 1. The SMILES string of the molecule is CCOc1ccc(-c2cnc(CCC(=O)NC3CC3)o2)cc1. The van der Waals surface area contributed by atoms with E-state index in [1.165, 1.54) is 0 Å². The van der Waals surface area contributed by atoms with Gasteiger partial charge < -0.3 is 14.5 Å². The van der Waals surface area contributed by atoms with Crippen molar-refractivity contribution in [3.8, 4) is 17.1 Å². The van der Waals surface area contributed by atoms with Crippen molar-refractivity contribution >= 4 is 5.91 Å². The van der Waals surface area contributed by atoms with E-state index in [-0.39, 0.29) is 5.91 Å². The summed E-state index contributed by atoms with van der Waals surface area (Å²) in [5, 5.41) is 2.96. The Morgan fingerprint density at radius 2 is 2.14 bits per heavy atom. The van der Waals surface area contributed by atoms with Crippen LogP contribution in [0.4, 0.5) is 0 Å². The Balaban J connectivity index is 1.56. The molecule has 0 unspecified atom stereocenters. The molecular formula is C17H20N2O3. The second-order valence-electron chi connectivity index (χ2n) is 5.42. The van der Waals surface area contributed by atoms with E-state index in [1.807, 2.05) is 31.2 Å². The van der Waals surface area contributed by atoms with E-state index in [0.717, 1.165) is 24.2 Å². The Hall–Kier alpha value is -2.30. The summed E-state index contributed by atoms with van der Waals surface area (Å²) in [6, 6.07) is 8.09.